The molecule has 1 aromatic carbocycles. The normalized spacial score (nSPS) is 13.8. The molecule has 1 aliphatic heterocycles. The number of nitro benzene ring substituents is 1. The summed E-state index contributed by atoms with van der Waals surface area (Å²) in [6.45, 7) is 3.89. The molecule has 0 aliphatic carbocycles. The number of ether oxygens (including phenoxy) is 1. The van der Waals surface area contributed by atoms with Gasteiger partial charge in [-0.25, -0.2) is 4.68 Å². The summed E-state index contributed by atoms with van der Waals surface area (Å²) >= 11 is 0. The minimum Gasteiger partial charge on any atom is -0.480 e. The first-order chi connectivity index (χ1) is 15.5. The average molecular weight is 437 g/mol. The summed E-state index contributed by atoms with van der Waals surface area (Å²) in [5.74, 6) is 0.784. The van der Waals surface area contributed by atoms with Gasteiger partial charge in [0.15, 0.2) is 5.82 Å². The van der Waals surface area contributed by atoms with Gasteiger partial charge >= 0.3 is 0 Å². The Hall–Kier alpha value is -4.02. The molecule has 32 heavy (non-hydrogen) atoms. The second-order valence-corrected chi connectivity index (χ2v) is 7.23. The van der Waals surface area contributed by atoms with Gasteiger partial charge in [0.25, 0.3) is 11.6 Å². The molecule has 166 valence electrons. The minimum atomic E-state index is -0.378. The van der Waals surface area contributed by atoms with Crippen molar-refractivity contribution in [3.63, 3.8) is 0 Å². The van der Waals surface area contributed by atoms with Crippen LogP contribution in [-0.4, -0.2) is 69.0 Å². The number of carbonyl (C=O) groups is 1. The molecule has 0 bridgehead atoms. The van der Waals surface area contributed by atoms with Crippen molar-refractivity contribution in [2.75, 3.05) is 38.2 Å². The summed E-state index contributed by atoms with van der Waals surface area (Å²) < 4.78 is 6.65. The van der Waals surface area contributed by atoms with Crippen LogP contribution in [0.25, 0.3) is 5.82 Å². The number of carbonyl (C=O) groups excluding carboxylic acids is 1. The van der Waals surface area contributed by atoms with Crippen molar-refractivity contribution in [3.05, 3.63) is 64.0 Å². The molecule has 1 amide bonds. The molecule has 11 heteroatoms. The summed E-state index contributed by atoms with van der Waals surface area (Å²) in [6, 6.07) is 10.1. The molecule has 1 saturated heterocycles. The van der Waals surface area contributed by atoms with Crippen molar-refractivity contribution >= 4 is 17.3 Å². The Morgan fingerprint density at radius 1 is 1.12 bits per heavy atom. The number of benzene rings is 1. The van der Waals surface area contributed by atoms with Crippen LogP contribution in [0.5, 0.6) is 5.88 Å². The molecule has 0 saturated carbocycles. The van der Waals surface area contributed by atoms with Gasteiger partial charge in [0.2, 0.25) is 5.88 Å². The average Bonchev–Trinajstić information content (AvgIpc) is 3.28. The molecule has 0 spiro atoms. The Morgan fingerprint density at radius 2 is 1.88 bits per heavy atom. The van der Waals surface area contributed by atoms with E-state index in [2.05, 4.69) is 15.3 Å². The van der Waals surface area contributed by atoms with E-state index < -0.39 is 0 Å². The predicted octanol–water partition coefficient (Wildman–Crippen LogP) is 2.10. The van der Waals surface area contributed by atoms with Gasteiger partial charge in [-0.1, -0.05) is 19.1 Å². The van der Waals surface area contributed by atoms with E-state index in [0.29, 0.717) is 55.5 Å². The Morgan fingerprint density at radius 3 is 2.50 bits per heavy atom. The van der Waals surface area contributed by atoms with Gasteiger partial charge < -0.3 is 14.5 Å². The number of amides is 1. The molecule has 2 aromatic heterocycles. The zero-order chi connectivity index (χ0) is 22.7. The SMILES string of the molecule is CCc1c(C(=O)N2CCN(c3ccccc3[N+](=O)[O-])CC2)cnn1-c1ccc(OC)nn1. The van der Waals surface area contributed by atoms with Gasteiger partial charge in [0.05, 0.1) is 29.5 Å². The van der Waals surface area contributed by atoms with Gasteiger partial charge in [0, 0.05) is 38.3 Å². The number of hydrogen-bond acceptors (Lipinski definition) is 8. The molecule has 1 aliphatic rings. The highest BCUT2D eigenvalue weighted by atomic mass is 16.6. The van der Waals surface area contributed by atoms with Crippen molar-refractivity contribution < 1.29 is 14.5 Å². The van der Waals surface area contributed by atoms with Gasteiger partial charge in [0.1, 0.15) is 5.69 Å². The lowest BCUT2D eigenvalue weighted by Crippen LogP contribution is -2.49. The molecule has 0 atom stereocenters. The number of para-hydroxylation sites is 2. The maximum absolute atomic E-state index is 13.2. The molecule has 1 fully saturated rings. The first-order valence-electron chi connectivity index (χ1n) is 10.3. The van der Waals surface area contributed by atoms with Gasteiger partial charge in [-0.05, 0) is 18.6 Å². The van der Waals surface area contributed by atoms with Crippen LogP contribution in [0.3, 0.4) is 0 Å². The molecule has 3 heterocycles. The highest BCUT2D eigenvalue weighted by Gasteiger charge is 2.28. The van der Waals surface area contributed by atoms with Crippen LogP contribution < -0.4 is 9.64 Å². The monoisotopic (exact) mass is 437 g/mol. The van der Waals surface area contributed by atoms with E-state index in [4.69, 9.17) is 4.74 Å². The van der Waals surface area contributed by atoms with Crippen LogP contribution in [0.4, 0.5) is 11.4 Å². The third-order valence-corrected chi connectivity index (χ3v) is 5.47. The first-order valence-corrected chi connectivity index (χ1v) is 10.3. The number of rotatable bonds is 6. The lowest BCUT2D eigenvalue weighted by Gasteiger charge is -2.35. The molecule has 0 N–H and O–H groups in total. The van der Waals surface area contributed by atoms with Crippen LogP contribution in [0.15, 0.2) is 42.6 Å². The fourth-order valence-corrected chi connectivity index (χ4v) is 3.83. The second-order valence-electron chi connectivity index (χ2n) is 7.23. The Labute approximate surface area is 184 Å². The van der Waals surface area contributed by atoms with E-state index in [1.165, 1.54) is 13.2 Å². The highest BCUT2D eigenvalue weighted by molar-refractivity contribution is 5.95. The van der Waals surface area contributed by atoms with E-state index in [1.807, 2.05) is 11.8 Å². The maximum atomic E-state index is 13.2. The number of piperazine rings is 1. The summed E-state index contributed by atoms with van der Waals surface area (Å²) in [4.78, 5) is 27.9. The van der Waals surface area contributed by atoms with E-state index >= 15 is 0 Å². The van der Waals surface area contributed by atoms with Gasteiger partial charge in [-0.15, -0.1) is 10.2 Å². The van der Waals surface area contributed by atoms with E-state index in [0.717, 1.165) is 5.69 Å². The fraction of sp³-hybridized carbons (Fsp3) is 0.333. The minimum absolute atomic E-state index is 0.0717. The van der Waals surface area contributed by atoms with E-state index in [9.17, 15) is 14.9 Å². The van der Waals surface area contributed by atoms with Gasteiger partial charge in [-0.3, -0.25) is 14.9 Å². The van der Waals surface area contributed by atoms with Crippen molar-refractivity contribution in [1.29, 1.82) is 0 Å². The third kappa shape index (κ3) is 3.96. The van der Waals surface area contributed by atoms with Crippen molar-refractivity contribution in [3.8, 4) is 11.7 Å². The van der Waals surface area contributed by atoms with Crippen LogP contribution in [-0.2, 0) is 6.42 Å². The zero-order valence-corrected chi connectivity index (χ0v) is 17.8. The Balaban J connectivity index is 1.50. The number of nitrogens with zero attached hydrogens (tertiary/aromatic N) is 7. The topological polar surface area (TPSA) is 120 Å². The van der Waals surface area contributed by atoms with E-state index in [1.54, 1.807) is 46.1 Å². The number of hydrogen-bond donors (Lipinski definition) is 0. The summed E-state index contributed by atoms with van der Waals surface area (Å²) in [6.07, 6.45) is 2.15. The Kier molecular flexibility index (Phi) is 5.97. The molecule has 4 rings (SSSR count). The Bertz CT molecular complexity index is 1120. The zero-order valence-electron chi connectivity index (χ0n) is 17.8. The number of anilines is 1. The molecular formula is C21H23N7O4. The number of methoxy groups -OCH3 is 1. The van der Waals surface area contributed by atoms with Crippen LogP contribution >= 0.6 is 0 Å². The molecule has 3 aromatic rings. The van der Waals surface area contributed by atoms with Crippen molar-refractivity contribution in [1.82, 2.24) is 24.9 Å². The predicted molar refractivity (Wildman–Crippen MR) is 116 cm³/mol. The van der Waals surface area contributed by atoms with E-state index in [-0.39, 0.29) is 16.5 Å². The standard InChI is InChI=1S/C21H23N7O4/c1-3-16-15(14-22-27(16)19-8-9-20(32-2)24-23-19)21(29)26-12-10-25(11-13-26)17-6-4-5-7-18(17)28(30)31/h4-9,14H,3,10-13H2,1-2H3. The van der Waals surface area contributed by atoms with Gasteiger partial charge in [-0.2, -0.15) is 5.10 Å². The lowest BCUT2D eigenvalue weighted by atomic mass is 10.1. The van der Waals surface area contributed by atoms with Crippen LogP contribution in [0, 0.1) is 10.1 Å². The lowest BCUT2D eigenvalue weighted by molar-refractivity contribution is -0.384. The quantitative estimate of drug-likeness (QED) is 0.425. The first kappa shape index (κ1) is 21.2. The molecule has 11 nitrogen and oxygen atoms in total. The summed E-state index contributed by atoms with van der Waals surface area (Å²) in [5, 5.41) is 23.8. The summed E-state index contributed by atoms with van der Waals surface area (Å²) in [7, 11) is 1.52. The van der Waals surface area contributed by atoms with Crippen LogP contribution in [0.1, 0.15) is 23.0 Å². The third-order valence-electron chi connectivity index (χ3n) is 5.47. The fourth-order valence-electron chi connectivity index (χ4n) is 3.83. The second kappa shape index (κ2) is 9.00. The number of nitro groups is 1. The summed E-state index contributed by atoms with van der Waals surface area (Å²) in [5.41, 5.74) is 1.91. The van der Waals surface area contributed by atoms with Crippen LogP contribution in [0.2, 0.25) is 0 Å². The number of aromatic nitrogens is 4. The van der Waals surface area contributed by atoms with Crippen molar-refractivity contribution in [2.24, 2.45) is 0 Å². The smallest absolute Gasteiger partial charge is 0.292 e. The maximum Gasteiger partial charge on any atom is 0.292 e. The van der Waals surface area contributed by atoms with Crippen molar-refractivity contribution in [2.45, 2.75) is 13.3 Å². The molecular weight excluding hydrogens is 414 g/mol. The molecule has 0 radical (unpaired) electrons. The largest absolute Gasteiger partial charge is 0.480 e. The highest BCUT2D eigenvalue weighted by Crippen LogP contribution is 2.28. The molecule has 0 unspecified atom stereocenters.